The van der Waals surface area contributed by atoms with Crippen molar-refractivity contribution in [3.05, 3.63) is 70.8 Å². The van der Waals surface area contributed by atoms with Gasteiger partial charge in [0, 0.05) is 5.92 Å². The molecule has 2 atom stereocenters. The molecule has 2 aromatic rings. The van der Waals surface area contributed by atoms with Crippen LogP contribution in [-0.4, -0.2) is 5.11 Å². The van der Waals surface area contributed by atoms with Crippen LogP contribution in [0.2, 0.25) is 0 Å². The Bertz CT molecular complexity index is 617. The Balaban J connectivity index is 2.07. The van der Waals surface area contributed by atoms with Crippen molar-refractivity contribution in [2.75, 3.05) is 0 Å². The maximum absolute atomic E-state index is 11.5. The Labute approximate surface area is 127 Å². The van der Waals surface area contributed by atoms with E-state index in [1.165, 1.54) is 23.1 Å². The first-order chi connectivity index (χ1) is 10.1. The molecule has 1 aliphatic rings. The monoisotopic (exact) mass is 280 g/mol. The summed E-state index contributed by atoms with van der Waals surface area (Å²) in [6.45, 7) is 4.23. The summed E-state index contributed by atoms with van der Waals surface area (Å²) in [5, 5.41) is 11.5. The Morgan fingerprint density at radius 1 is 1.00 bits per heavy atom. The van der Waals surface area contributed by atoms with E-state index in [2.05, 4.69) is 56.3 Å². The molecule has 1 nitrogen and oxygen atoms in total. The smallest absolute Gasteiger partial charge is 0.0967 e. The second kappa shape index (κ2) is 5.65. The summed E-state index contributed by atoms with van der Waals surface area (Å²) in [5.41, 5.74) is 4.12. The minimum absolute atomic E-state index is 0.203. The Morgan fingerprint density at radius 2 is 1.76 bits per heavy atom. The van der Waals surface area contributed by atoms with Gasteiger partial charge in [0.25, 0.3) is 0 Å². The van der Waals surface area contributed by atoms with E-state index < -0.39 is 5.60 Å². The van der Waals surface area contributed by atoms with Gasteiger partial charge in [-0.2, -0.15) is 0 Å². The molecular formula is C20H24O. The van der Waals surface area contributed by atoms with E-state index in [-0.39, 0.29) is 5.92 Å². The van der Waals surface area contributed by atoms with Crippen LogP contribution in [0.15, 0.2) is 48.5 Å². The second-order valence-corrected chi connectivity index (χ2v) is 6.45. The number of aryl methyl sites for hydroxylation is 2. The van der Waals surface area contributed by atoms with Crippen molar-refractivity contribution in [2.24, 2.45) is 0 Å². The van der Waals surface area contributed by atoms with Crippen molar-refractivity contribution in [2.45, 2.75) is 51.0 Å². The lowest BCUT2D eigenvalue weighted by Gasteiger charge is -2.41. The van der Waals surface area contributed by atoms with Gasteiger partial charge in [0.1, 0.15) is 0 Å². The van der Waals surface area contributed by atoms with Crippen molar-refractivity contribution in [3.8, 4) is 0 Å². The summed E-state index contributed by atoms with van der Waals surface area (Å²) in [6.07, 6.45) is 4.23. The zero-order valence-corrected chi connectivity index (χ0v) is 13.0. The highest BCUT2D eigenvalue weighted by Crippen LogP contribution is 2.48. The molecule has 0 saturated heterocycles. The molecule has 0 spiro atoms. The van der Waals surface area contributed by atoms with Gasteiger partial charge in [-0.05, 0) is 43.4 Å². The van der Waals surface area contributed by atoms with Crippen LogP contribution in [0.3, 0.4) is 0 Å². The molecule has 1 N–H and O–H groups in total. The first-order valence-corrected chi connectivity index (χ1v) is 7.96. The first kappa shape index (κ1) is 14.3. The van der Waals surface area contributed by atoms with Crippen LogP contribution in [0.1, 0.15) is 53.9 Å². The van der Waals surface area contributed by atoms with Gasteiger partial charge in [-0.15, -0.1) is 0 Å². The molecule has 0 heterocycles. The highest BCUT2D eigenvalue weighted by atomic mass is 16.3. The summed E-state index contributed by atoms with van der Waals surface area (Å²) in [4.78, 5) is 0. The van der Waals surface area contributed by atoms with Gasteiger partial charge in [0.05, 0.1) is 5.60 Å². The summed E-state index contributed by atoms with van der Waals surface area (Å²) < 4.78 is 0. The second-order valence-electron chi connectivity index (χ2n) is 6.45. The van der Waals surface area contributed by atoms with Crippen molar-refractivity contribution < 1.29 is 5.11 Å². The zero-order chi connectivity index (χ0) is 14.9. The van der Waals surface area contributed by atoms with Crippen molar-refractivity contribution >= 4 is 0 Å². The van der Waals surface area contributed by atoms with E-state index in [4.69, 9.17) is 0 Å². The Kier molecular flexibility index (Phi) is 3.86. The summed E-state index contributed by atoms with van der Waals surface area (Å²) in [6, 6.07) is 16.9. The lowest BCUT2D eigenvalue weighted by Crippen LogP contribution is -2.37. The topological polar surface area (TPSA) is 20.2 Å². The SMILES string of the molecule is Cc1ccc(C2(O)CCCCC2c2ccccc2)c(C)c1. The van der Waals surface area contributed by atoms with E-state index in [9.17, 15) is 5.11 Å². The summed E-state index contributed by atoms with van der Waals surface area (Å²) in [5.74, 6) is 0.203. The van der Waals surface area contributed by atoms with Crippen LogP contribution < -0.4 is 0 Å². The Morgan fingerprint density at radius 3 is 2.48 bits per heavy atom. The third-order valence-electron chi connectivity index (χ3n) is 4.93. The number of benzene rings is 2. The molecule has 0 aromatic heterocycles. The maximum atomic E-state index is 11.5. The Hall–Kier alpha value is -1.60. The minimum atomic E-state index is -0.725. The molecule has 1 heteroatoms. The standard InChI is InChI=1S/C20H24O/c1-15-11-12-18(16(2)14-15)20(21)13-7-6-10-19(20)17-8-4-3-5-9-17/h3-5,8-9,11-12,14,19,21H,6-7,10,13H2,1-2H3. The minimum Gasteiger partial charge on any atom is -0.385 e. The molecule has 110 valence electrons. The maximum Gasteiger partial charge on any atom is 0.0967 e. The fraction of sp³-hybridized carbons (Fsp3) is 0.400. The number of hydrogen-bond acceptors (Lipinski definition) is 1. The van der Waals surface area contributed by atoms with Crippen LogP contribution in [0.5, 0.6) is 0 Å². The van der Waals surface area contributed by atoms with Crippen LogP contribution in [0, 0.1) is 13.8 Å². The number of hydrogen-bond donors (Lipinski definition) is 1. The normalized spacial score (nSPS) is 25.8. The molecule has 2 unspecified atom stereocenters. The van der Waals surface area contributed by atoms with Gasteiger partial charge in [-0.25, -0.2) is 0 Å². The summed E-state index contributed by atoms with van der Waals surface area (Å²) >= 11 is 0. The van der Waals surface area contributed by atoms with Crippen LogP contribution in [-0.2, 0) is 5.60 Å². The third-order valence-corrected chi connectivity index (χ3v) is 4.93. The molecule has 1 fully saturated rings. The van der Waals surface area contributed by atoms with Crippen LogP contribution >= 0.6 is 0 Å². The van der Waals surface area contributed by atoms with Crippen molar-refractivity contribution in [1.29, 1.82) is 0 Å². The highest BCUT2D eigenvalue weighted by Gasteiger charge is 2.41. The van der Waals surface area contributed by atoms with Crippen LogP contribution in [0.25, 0.3) is 0 Å². The molecule has 0 aliphatic heterocycles. The predicted molar refractivity (Wildman–Crippen MR) is 87.5 cm³/mol. The highest BCUT2D eigenvalue weighted by molar-refractivity contribution is 5.39. The van der Waals surface area contributed by atoms with E-state index in [0.717, 1.165) is 24.8 Å². The quantitative estimate of drug-likeness (QED) is 0.833. The van der Waals surface area contributed by atoms with E-state index in [1.54, 1.807) is 0 Å². The molecular weight excluding hydrogens is 256 g/mol. The van der Waals surface area contributed by atoms with Gasteiger partial charge in [0.2, 0.25) is 0 Å². The zero-order valence-electron chi connectivity index (χ0n) is 13.0. The molecule has 1 saturated carbocycles. The van der Waals surface area contributed by atoms with Gasteiger partial charge in [-0.1, -0.05) is 66.9 Å². The lowest BCUT2D eigenvalue weighted by atomic mass is 9.68. The molecule has 0 amide bonds. The molecule has 2 aromatic carbocycles. The fourth-order valence-corrected chi connectivity index (χ4v) is 3.91. The predicted octanol–water partition coefficient (Wildman–Crippen LogP) is 4.85. The van der Waals surface area contributed by atoms with E-state index in [1.807, 2.05) is 6.07 Å². The lowest BCUT2D eigenvalue weighted by molar-refractivity contribution is -0.0229. The van der Waals surface area contributed by atoms with Crippen LogP contribution in [0.4, 0.5) is 0 Å². The van der Waals surface area contributed by atoms with E-state index >= 15 is 0 Å². The number of aliphatic hydroxyl groups is 1. The van der Waals surface area contributed by atoms with Crippen molar-refractivity contribution in [1.82, 2.24) is 0 Å². The average molecular weight is 280 g/mol. The molecule has 21 heavy (non-hydrogen) atoms. The average Bonchev–Trinajstić information content (AvgIpc) is 2.48. The van der Waals surface area contributed by atoms with E-state index in [0.29, 0.717) is 0 Å². The number of rotatable bonds is 2. The largest absolute Gasteiger partial charge is 0.385 e. The molecule has 3 rings (SSSR count). The first-order valence-electron chi connectivity index (χ1n) is 7.96. The molecule has 0 bridgehead atoms. The van der Waals surface area contributed by atoms with Gasteiger partial charge in [0.15, 0.2) is 0 Å². The third kappa shape index (κ3) is 2.63. The van der Waals surface area contributed by atoms with Gasteiger partial charge >= 0.3 is 0 Å². The molecule has 0 radical (unpaired) electrons. The molecule has 1 aliphatic carbocycles. The van der Waals surface area contributed by atoms with Gasteiger partial charge < -0.3 is 5.11 Å². The summed E-state index contributed by atoms with van der Waals surface area (Å²) in [7, 11) is 0. The fourth-order valence-electron chi connectivity index (χ4n) is 3.91. The van der Waals surface area contributed by atoms with Crippen molar-refractivity contribution in [3.63, 3.8) is 0 Å². The van der Waals surface area contributed by atoms with Gasteiger partial charge in [-0.3, -0.25) is 0 Å².